The van der Waals surface area contributed by atoms with E-state index in [0.29, 0.717) is 11.9 Å². The number of nitrogens with zero attached hydrogens (tertiary/aromatic N) is 2. The fraction of sp³-hybridized carbons (Fsp3) is 0.500. The van der Waals surface area contributed by atoms with E-state index in [-0.39, 0.29) is 0 Å². The average molecular weight is 192 g/mol. The topological polar surface area (TPSA) is 68.2 Å². The van der Waals surface area contributed by atoms with Gasteiger partial charge in [0.25, 0.3) is 0 Å². The van der Waals surface area contributed by atoms with Crippen LogP contribution in [0.25, 0.3) is 0 Å². The molecule has 0 bridgehead atoms. The number of anilines is 2. The molecular weight excluding hydrogens is 176 g/mol. The van der Waals surface area contributed by atoms with Crippen molar-refractivity contribution in [2.24, 2.45) is 5.73 Å². The second kappa shape index (κ2) is 3.84. The molecule has 14 heavy (non-hydrogen) atoms. The number of nitrogens with two attached hydrogens (primary N) is 2. The van der Waals surface area contributed by atoms with Gasteiger partial charge in [0.15, 0.2) is 0 Å². The van der Waals surface area contributed by atoms with Gasteiger partial charge >= 0.3 is 0 Å². The molecule has 1 saturated heterocycles. The second-order valence-electron chi connectivity index (χ2n) is 3.79. The molecule has 0 radical (unpaired) electrons. The third-order valence-electron chi connectivity index (χ3n) is 2.59. The number of hydrogen-bond donors (Lipinski definition) is 2. The lowest BCUT2D eigenvalue weighted by Gasteiger charge is -2.32. The molecule has 2 rings (SSSR count). The van der Waals surface area contributed by atoms with Crippen LogP contribution in [0.15, 0.2) is 18.3 Å². The van der Waals surface area contributed by atoms with Gasteiger partial charge < -0.3 is 16.4 Å². The van der Waals surface area contributed by atoms with Crippen molar-refractivity contribution >= 4 is 11.5 Å². The molecule has 1 atom stereocenters. The average Bonchev–Trinajstić information content (AvgIpc) is 2.19. The highest BCUT2D eigenvalue weighted by atomic mass is 15.2. The van der Waals surface area contributed by atoms with Gasteiger partial charge in [-0.1, -0.05) is 0 Å². The van der Waals surface area contributed by atoms with E-state index in [4.69, 9.17) is 11.5 Å². The van der Waals surface area contributed by atoms with Gasteiger partial charge in [-0.05, 0) is 25.0 Å². The lowest BCUT2D eigenvalue weighted by molar-refractivity contribution is 0.506. The van der Waals surface area contributed by atoms with Gasteiger partial charge in [-0.2, -0.15) is 0 Å². The van der Waals surface area contributed by atoms with Crippen LogP contribution in [0, 0.1) is 0 Å². The summed E-state index contributed by atoms with van der Waals surface area (Å²) < 4.78 is 0. The first-order valence-electron chi connectivity index (χ1n) is 4.98. The molecule has 1 aromatic rings. The summed E-state index contributed by atoms with van der Waals surface area (Å²) >= 11 is 0. The Labute approximate surface area is 83.9 Å². The van der Waals surface area contributed by atoms with Crippen LogP contribution < -0.4 is 16.4 Å². The Morgan fingerprint density at radius 2 is 2.29 bits per heavy atom. The molecule has 0 aromatic carbocycles. The highest BCUT2D eigenvalue weighted by Crippen LogP contribution is 2.18. The van der Waals surface area contributed by atoms with E-state index in [1.165, 1.54) is 0 Å². The van der Waals surface area contributed by atoms with Crippen molar-refractivity contribution in [3.63, 3.8) is 0 Å². The summed E-state index contributed by atoms with van der Waals surface area (Å²) in [6.07, 6.45) is 4.10. The third kappa shape index (κ3) is 1.96. The minimum absolute atomic E-state index is 0.293. The molecule has 76 valence electrons. The van der Waals surface area contributed by atoms with Crippen molar-refractivity contribution in [1.82, 2.24) is 4.98 Å². The fourth-order valence-electron chi connectivity index (χ4n) is 1.83. The van der Waals surface area contributed by atoms with Gasteiger partial charge in [0, 0.05) is 19.1 Å². The number of aromatic nitrogens is 1. The van der Waals surface area contributed by atoms with Crippen LogP contribution in [0.1, 0.15) is 12.8 Å². The monoisotopic (exact) mass is 192 g/mol. The first-order valence-corrected chi connectivity index (χ1v) is 4.98. The zero-order valence-electron chi connectivity index (χ0n) is 8.19. The van der Waals surface area contributed by atoms with Crippen molar-refractivity contribution in [2.75, 3.05) is 23.7 Å². The zero-order valence-corrected chi connectivity index (χ0v) is 8.19. The van der Waals surface area contributed by atoms with E-state index in [0.717, 1.165) is 31.6 Å². The maximum atomic E-state index is 5.91. The molecule has 4 heteroatoms. The smallest absolute Gasteiger partial charge is 0.123 e. The predicted octanol–water partition coefficient (Wildman–Crippen LogP) is 0.591. The summed E-state index contributed by atoms with van der Waals surface area (Å²) in [4.78, 5) is 6.34. The molecule has 0 spiro atoms. The normalized spacial score (nSPS) is 22.4. The lowest BCUT2D eigenvalue weighted by atomic mass is 10.1. The molecule has 1 aromatic heterocycles. The number of nitrogen functional groups attached to an aromatic ring is 1. The van der Waals surface area contributed by atoms with Crippen LogP contribution in [0.5, 0.6) is 0 Å². The van der Waals surface area contributed by atoms with E-state index < -0.39 is 0 Å². The summed E-state index contributed by atoms with van der Waals surface area (Å²) in [6.45, 7) is 1.99. The summed E-state index contributed by atoms with van der Waals surface area (Å²) in [5.41, 5.74) is 12.6. The Kier molecular flexibility index (Phi) is 2.54. The van der Waals surface area contributed by atoms with Crippen LogP contribution in [0.4, 0.5) is 11.5 Å². The number of hydrogen-bond acceptors (Lipinski definition) is 4. The van der Waals surface area contributed by atoms with Gasteiger partial charge in [0.1, 0.15) is 5.82 Å². The Bertz CT molecular complexity index is 295. The standard InChI is InChI=1S/C10H16N4/c11-8-2-1-5-14(7-8)9-3-4-10(12)13-6-9/h3-4,6,8H,1-2,5,7,11H2,(H2,12,13)/t8-/m1/s1. The summed E-state index contributed by atoms with van der Waals surface area (Å²) in [7, 11) is 0. The first kappa shape index (κ1) is 9.27. The summed E-state index contributed by atoms with van der Waals surface area (Å²) in [6, 6.07) is 4.12. The van der Waals surface area contributed by atoms with Crippen molar-refractivity contribution in [1.29, 1.82) is 0 Å². The van der Waals surface area contributed by atoms with Gasteiger partial charge in [0.05, 0.1) is 11.9 Å². The van der Waals surface area contributed by atoms with Gasteiger partial charge in [-0.3, -0.25) is 0 Å². The van der Waals surface area contributed by atoms with Crippen molar-refractivity contribution < 1.29 is 0 Å². The van der Waals surface area contributed by atoms with Crippen molar-refractivity contribution in [3.05, 3.63) is 18.3 Å². The van der Waals surface area contributed by atoms with Crippen LogP contribution in [-0.2, 0) is 0 Å². The van der Waals surface area contributed by atoms with Gasteiger partial charge in [-0.25, -0.2) is 4.98 Å². The molecule has 0 amide bonds. The summed E-state index contributed by atoms with van der Waals surface area (Å²) in [5, 5.41) is 0. The van der Waals surface area contributed by atoms with E-state index in [2.05, 4.69) is 9.88 Å². The molecule has 0 aliphatic carbocycles. The van der Waals surface area contributed by atoms with Crippen molar-refractivity contribution in [2.45, 2.75) is 18.9 Å². The quantitative estimate of drug-likeness (QED) is 0.683. The van der Waals surface area contributed by atoms with E-state index in [9.17, 15) is 0 Å². The summed E-state index contributed by atoms with van der Waals surface area (Å²) in [5.74, 6) is 0.565. The molecule has 2 heterocycles. The van der Waals surface area contributed by atoms with E-state index >= 15 is 0 Å². The molecular formula is C10H16N4. The number of pyridine rings is 1. The van der Waals surface area contributed by atoms with E-state index in [1.54, 1.807) is 0 Å². The SMILES string of the molecule is Nc1ccc(N2CCC[C@@H](N)C2)cn1. The maximum absolute atomic E-state index is 5.91. The number of piperidine rings is 1. The minimum atomic E-state index is 0.293. The van der Waals surface area contributed by atoms with Gasteiger partial charge in [0.2, 0.25) is 0 Å². The molecule has 0 unspecified atom stereocenters. The van der Waals surface area contributed by atoms with Crippen molar-refractivity contribution in [3.8, 4) is 0 Å². The van der Waals surface area contributed by atoms with E-state index in [1.807, 2.05) is 18.3 Å². The highest BCUT2D eigenvalue weighted by Gasteiger charge is 2.16. The van der Waals surface area contributed by atoms with Gasteiger partial charge in [-0.15, -0.1) is 0 Å². The largest absolute Gasteiger partial charge is 0.384 e. The molecule has 1 fully saturated rings. The molecule has 1 aliphatic rings. The van der Waals surface area contributed by atoms with Crippen LogP contribution in [0.3, 0.4) is 0 Å². The van der Waals surface area contributed by atoms with Crippen LogP contribution >= 0.6 is 0 Å². The Morgan fingerprint density at radius 3 is 2.93 bits per heavy atom. The first-order chi connectivity index (χ1) is 6.75. The zero-order chi connectivity index (χ0) is 9.97. The highest BCUT2D eigenvalue weighted by molar-refractivity contribution is 5.48. The fourth-order valence-corrected chi connectivity index (χ4v) is 1.83. The van der Waals surface area contributed by atoms with Crippen LogP contribution in [-0.4, -0.2) is 24.1 Å². The van der Waals surface area contributed by atoms with Crippen LogP contribution in [0.2, 0.25) is 0 Å². The Balaban J connectivity index is 2.10. The Hall–Kier alpha value is -1.29. The third-order valence-corrected chi connectivity index (χ3v) is 2.59. The molecule has 0 saturated carbocycles. The maximum Gasteiger partial charge on any atom is 0.123 e. The predicted molar refractivity (Wildman–Crippen MR) is 58.1 cm³/mol. The number of rotatable bonds is 1. The minimum Gasteiger partial charge on any atom is -0.384 e. The lowest BCUT2D eigenvalue weighted by Crippen LogP contribution is -2.42. The Morgan fingerprint density at radius 1 is 1.43 bits per heavy atom. The molecule has 1 aliphatic heterocycles. The molecule has 4 N–H and O–H groups in total. The second-order valence-corrected chi connectivity index (χ2v) is 3.79. The molecule has 4 nitrogen and oxygen atoms in total.